The zero-order chi connectivity index (χ0) is 27.3. The van der Waals surface area contributed by atoms with Gasteiger partial charge in [0.05, 0.1) is 12.2 Å². The number of aromatic nitrogens is 3. The molecular weight excluding hydrogens is 496 g/mol. The van der Waals surface area contributed by atoms with Crippen LogP contribution in [-0.4, -0.2) is 33.1 Å². The Morgan fingerprint density at radius 1 is 1.11 bits per heavy atom. The Morgan fingerprint density at radius 2 is 1.84 bits per heavy atom. The number of thioether (sulfide) groups is 1. The fraction of sp³-hybridized carbons (Fsp3) is 0.433. The van der Waals surface area contributed by atoms with E-state index in [0.717, 1.165) is 29.7 Å². The lowest BCUT2D eigenvalue weighted by atomic mass is 9.87. The number of allylic oxidation sites excluding steroid dienone is 1. The quantitative estimate of drug-likeness (QED) is 0.172. The van der Waals surface area contributed by atoms with Crippen LogP contribution in [0.5, 0.6) is 5.75 Å². The minimum Gasteiger partial charge on any atom is -0.489 e. The van der Waals surface area contributed by atoms with Crippen LogP contribution in [0.4, 0.5) is 5.95 Å². The first kappa shape index (κ1) is 27.8. The number of ether oxygens (including phenoxy) is 2. The van der Waals surface area contributed by atoms with Gasteiger partial charge in [-0.1, -0.05) is 95.3 Å². The van der Waals surface area contributed by atoms with Gasteiger partial charge < -0.3 is 14.8 Å². The van der Waals surface area contributed by atoms with Crippen molar-refractivity contribution in [3.8, 4) is 5.75 Å². The Bertz CT molecular complexity index is 1290. The van der Waals surface area contributed by atoms with Gasteiger partial charge in [-0.3, -0.25) is 0 Å². The highest BCUT2D eigenvalue weighted by atomic mass is 32.2. The van der Waals surface area contributed by atoms with Gasteiger partial charge in [-0.15, -0.1) is 5.10 Å². The first-order chi connectivity index (χ1) is 18.2. The summed E-state index contributed by atoms with van der Waals surface area (Å²) in [6.07, 6.45) is 1.76. The van der Waals surface area contributed by atoms with Crippen LogP contribution in [0.2, 0.25) is 0 Å². The number of anilines is 1. The normalized spacial score (nSPS) is 15.2. The second-order valence-corrected chi connectivity index (χ2v) is 11.7. The molecule has 1 N–H and O–H groups in total. The molecule has 1 aliphatic heterocycles. The smallest absolute Gasteiger partial charge is 0.338 e. The third-order valence-corrected chi connectivity index (χ3v) is 7.21. The Balaban J connectivity index is 1.69. The maximum absolute atomic E-state index is 13.4. The van der Waals surface area contributed by atoms with Gasteiger partial charge in [0.1, 0.15) is 18.4 Å². The van der Waals surface area contributed by atoms with Crippen LogP contribution in [0.3, 0.4) is 0 Å². The summed E-state index contributed by atoms with van der Waals surface area (Å²) >= 11 is 1.56. The van der Waals surface area contributed by atoms with E-state index in [-0.39, 0.29) is 11.4 Å². The number of nitrogens with one attached hydrogen (secondary N) is 1. The Labute approximate surface area is 230 Å². The molecule has 0 saturated carbocycles. The van der Waals surface area contributed by atoms with E-state index in [9.17, 15) is 4.79 Å². The van der Waals surface area contributed by atoms with Crippen LogP contribution in [-0.2, 0) is 21.6 Å². The molecule has 8 heteroatoms. The van der Waals surface area contributed by atoms with Gasteiger partial charge in [-0.25, -0.2) is 9.48 Å². The lowest BCUT2D eigenvalue weighted by Crippen LogP contribution is -2.30. The first-order valence-electron chi connectivity index (χ1n) is 13.3. The molecule has 0 saturated heterocycles. The molecule has 0 spiro atoms. The molecule has 38 heavy (non-hydrogen) atoms. The summed E-state index contributed by atoms with van der Waals surface area (Å²) in [7, 11) is 0. The third kappa shape index (κ3) is 6.23. The van der Waals surface area contributed by atoms with Crippen LogP contribution in [0.25, 0.3) is 0 Å². The number of hydrogen-bond donors (Lipinski definition) is 1. The zero-order valence-electron chi connectivity index (χ0n) is 23.2. The van der Waals surface area contributed by atoms with Gasteiger partial charge in [0.2, 0.25) is 11.1 Å². The number of carbonyl (C=O) groups is 1. The van der Waals surface area contributed by atoms with Gasteiger partial charge >= 0.3 is 5.97 Å². The molecule has 202 valence electrons. The molecule has 0 bridgehead atoms. The number of rotatable bonds is 10. The minimum atomic E-state index is -0.529. The number of esters is 1. The Morgan fingerprint density at radius 3 is 2.53 bits per heavy atom. The molecule has 0 aliphatic carbocycles. The van der Waals surface area contributed by atoms with E-state index in [0.29, 0.717) is 41.3 Å². The standard InChI is InChI=1S/C30H38N4O3S/c1-7-9-18-36-27(35)25-20(3)31-28-32-29(38-8-2)33-34(28)26(25)23-12-10-11-13-24(23)37-19-21-14-16-22(17-15-21)30(4,5)6/h10-17,26H,7-9,18-19H2,1-6H3,(H,31,32,33). The van der Waals surface area contributed by atoms with Crippen molar-refractivity contribution in [3.05, 3.63) is 76.5 Å². The van der Waals surface area contributed by atoms with Crippen molar-refractivity contribution in [3.63, 3.8) is 0 Å². The highest BCUT2D eigenvalue weighted by Gasteiger charge is 2.36. The van der Waals surface area contributed by atoms with Crippen LogP contribution >= 0.6 is 11.8 Å². The van der Waals surface area contributed by atoms with E-state index in [1.165, 1.54) is 5.56 Å². The summed E-state index contributed by atoms with van der Waals surface area (Å²) in [4.78, 5) is 18.0. The summed E-state index contributed by atoms with van der Waals surface area (Å²) in [5.41, 5.74) is 4.50. The molecule has 2 aromatic carbocycles. The van der Waals surface area contributed by atoms with Crippen LogP contribution < -0.4 is 10.1 Å². The molecule has 0 amide bonds. The average Bonchev–Trinajstić information content (AvgIpc) is 3.28. The summed E-state index contributed by atoms with van der Waals surface area (Å²) < 4.78 is 13.8. The van der Waals surface area contributed by atoms with Crippen molar-refractivity contribution in [1.82, 2.24) is 14.8 Å². The maximum atomic E-state index is 13.4. The predicted molar refractivity (Wildman–Crippen MR) is 153 cm³/mol. The van der Waals surface area contributed by atoms with Crippen molar-refractivity contribution >= 4 is 23.7 Å². The molecule has 0 radical (unpaired) electrons. The predicted octanol–water partition coefficient (Wildman–Crippen LogP) is 6.90. The van der Waals surface area contributed by atoms with Gasteiger partial charge in [-0.2, -0.15) is 4.98 Å². The molecule has 1 aromatic heterocycles. The fourth-order valence-electron chi connectivity index (χ4n) is 4.36. The van der Waals surface area contributed by atoms with Gasteiger partial charge in [0.25, 0.3) is 0 Å². The number of unbranched alkanes of at least 4 members (excludes halogenated alkanes) is 1. The third-order valence-electron chi connectivity index (χ3n) is 6.49. The van der Waals surface area contributed by atoms with Crippen molar-refractivity contribution in [1.29, 1.82) is 0 Å². The topological polar surface area (TPSA) is 78.3 Å². The van der Waals surface area contributed by atoms with Crippen molar-refractivity contribution in [2.45, 2.75) is 77.6 Å². The van der Waals surface area contributed by atoms with E-state index >= 15 is 0 Å². The zero-order valence-corrected chi connectivity index (χ0v) is 24.0. The molecule has 1 aliphatic rings. The monoisotopic (exact) mass is 534 g/mol. The fourth-order valence-corrected chi connectivity index (χ4v) is 4.92. The number of fused-ring (bicyclic) bond motifs is 1. The van der Waals surface area contributed by atoms with Crippen molar-refractivity contribution < 1.29 is 14.3 Å². The minimum absolute atomic E-state index is 0.0950. The summed E-state index contributed by atoms with van der Waals surface area (Å²) in [5, 5.41) is 8.69. The largest absolute Gasteiger partial charge is 0.489 e. The lowest BCUT2D eigenvalue weighted by Gasteiger charge is -2.29. The molecule has 7 nitrogen and oxygen atoms in total. The lowest BCUT2D eigenvalue weighted by molar-refractivity contribution is -0.139. The van der Waals surface area contributed by atoms with E-state index in [4.69, 9.17) is 14.6 Å². The van der Waals surface area contributed by atoms with Gasteiger partial charge in [0, 0.05) is 11.3 Å². The highest BCUT2D eigenvalue weighted by Crippen LogP contribution is 2.40. The number of benzene rings is 2. The van der Waals surface area contributed by atoms with Crippen LogP contribution in [0.15, 0.2) is 65.0 Å². The summed E-state index contributed by atoms with van der Waals surface area (Å²) in [6, 6.07) is 15.8. The van der Waals surface area contributed by atoms with E-state index < -0.39 is 6.04 Å². The second kappa shape index (κ2) is 12.1. The van der Waals surface area contributed by atoms with E-state index in [1.54, 1.807) is 16.4 Å². The van der Waals surface area contributed by atoms with Crippen LogP contribution in [0, 0.1) is 0 Å². The number of para-hydroxylation sites is 1. The first-order valence-corrected chi connectivity index (χ1v) is 14.3. The molecule has 1 atom stereocenters. The van der Waals surface area contributed by atoms with Crippen molar-refractivity contribution in [2.75, 3.05) is 17.7 Å². The summed E-state index contributed by atoms with van der Waals surface area (Å²) in [6.45, 7) is 13.4. The van der Waals surface area contributed by atoms with Gasteiger partial charge in [-0.05, 0) is 41.7 Å². The molecule has 2 heterocycles. The molecule has 0 fully saturated rings. The Hall–Kier alpha value is -3.26. The molecular formula is C30H38N4O3S. The SMILES string of the molecule is CCCCOC(=O)C1=C(C)Nc2nc(SCC)nn2C1c1ccccc1OCc1ccc(C(C)(C)C)cc1. The molecule has 1 unspecified atom stereocenters. The number of carbonyl (C=O) groups excluding carboxylic acids is 1. The second-order valence-electron chi connectivity index (χ2n) is 10.4. The average molecular weight is 535 g/mol. The van der Waals surface area contributed by atoms with Crippen molar-refractivity contribution in [2.24, 2.45) is 0 Å². The summed E-state index contributed by atoms with van der Waals surface area (Å²) in [5.74, 6) is 1.78. The van der Waals surface area contributed by atoms with Crippen LogP contribution in [0.1, 0.15) is 77.1 Å². The van der Waals surface area contributed by atoms with Gasteiger partial charge in [0.15, 0.2) is 0 Å². The molecule has 4 rings (SSSR count). The Kier molecular flexibility index (Phi) is 8.82. The molecule has 3 aromatic rings. The number of nitrogens with zero attached hydrogens (tertiary/aromatic N) is 3. The van der Waals surface area contributed by atoms with E-state index in [1.807, 2.05) is 31.2 Å². The highest BCUT2D eigenvalue weighted by molar-refractivity contribution is 7.99. The number of hydrogen-bond acceptors (Lipinski definition) is 7. The maximum Gasteiger partial charge on any atom is 0.338 e. The van der Waals surface area contributed by atoms with E-state index in [2.05, 4.69) is 69.2 Å².